The molecule has 3 aromatic carbocycles. The number of amides is 1. The predicted octanol–water partition coefficient (Wildman–Crippen LogP) is 4.92. The third-order valence-corrected chi connectivity index (χ3v) is 10.2. The lowest BCUT2D eigenvalue weighted by Gasteiger charge is -2.25. The number of anilines is 2. The van der Waals surface area contributed by atoms with Crippen molar-refractivity contribution in [2.75, 3.05) is 29.3 Å². The first-order valence-corrected chi connectivity index (χ1v) is 15.1. The molecule has 1 amide bonds. The van der Waals surface area contributed by atoms with Gasteiger partial charge in [0.15, 0.2) is 0 Å². The van der Waals surface area contributed by atoms with E-state index in [0.29, 0.717) is 18.8 Å². The van der Waals surface area contributed by atoms with Gasteiger partial charge in [-0.1, -0.05) is 40.9 Å². The Bertz CT molecular complexity index is 1500. The van der Waals surface area contributed by atoms with Crippen LogP contribution in [0.4, 0.5) is 11.4 Å². The molecule has 37 heavy (non-hydrogen) atoms. The molecule has 12 heteroatoms. The van der Waals surface area contributed by atoms with E-state index in [1.165, 1.54) is 58.9 Å². The zero-order valence-electron chi connectivity index (χ0n) is 19.9. The van der Waals surface area contributed by atoms with Crippen LogP contribution in [0.15, 0.2) is 76.5 Å². The summed E-state index contributed by atoms with van der Waals surface area (Å²) < 4.78 is 54.9. The SMILES string of the molecule is Cc1ccc(S(=O)(=O)N(CC(=O)Nc2ccc(S(=O)(=O)N3CCCC3)cc2)c2cc(Cl)ccc2Cl)cc1. The van der Waals surface area contributed by atoms with Crippen LogP contribution in [-0.2, 0) is 24.8 Å². The molecule has 1 N–H and O–H groups in total. The normalized spacial score (nSPS) is 14.5. The van der Waals surface area contributed by atoms with Crippen LogP contribution in [-0.4, -0.2) is 46.7 Å². The summed E-state index contributed by atoms with van der Waals surface area (Å²) in [4.78, 5) is 13.1. The molecule has 0 spiro atoms. The van der Waals surface area contributed by atoms with Gasteiger partial charge in [0.2, 0.25) is 15.9 Å². The van der Waals surface area contributed by atoms with Crippen molar-refractivity contribution in [3.8, 4) is 0 Å². The molecule has 3 aromatic rings. The smallest absolute Gasteiger partial charge is 0.264 e. The molecule has 1 aliphatic rings. The van der Waals surface area contributed by atoms with E-state index in [4.69, 9.17) is 23.2 Å². The second kappa shape index (κ2) is 11.0. The monoisotopic (exact) mass is 581 g/mol. The van der Waals surface area contributed by atoms with Gasteiger partial charge in [-0.25, -0.2) is 16.8 Å². The topological polar surface area (TPSA) is 104 Å². The van der Waals surface area contributed by atoms with Gasteiger partial charge in [0.25, 0.3) is 10.0 Å². The molecule has 0 aliphatic carbocycles. The highest BCUT2D eigenvalue weighted by atomic mass is 35.5. The number of halogens is 2. The van der Waals surface area contributed by atoms with Crippen LogP contribution in [0.5, 0.6) is 0 Å². The van der Waals surface area contributed by atoms with Crippen LogP contribution in [0.1, 0.15) is 18.4 Å². The van der Waals surface area contributed by atoms with Gasteiger partial charge in [-0.05, 0) is 74.4 Å². The van der Waals surface area contributed by atoms with E-state index in [1.807, 2.05) is 6.92 Å². The van der Waals surface area contributed by atoms with Crippen LogP contribution in [0.25, 0.3) is 0 Å². The van der Waals surface area contributed by atoms with Crippen molar-refractivity contribution in [1.82, 2.24) is 4.31 Å². The lowest BCUT2D eigenvalue weighted by Crippen LogP contribution is -2.38. The molecular weight excluding hydrogens is 557 g/mol. The molecule has 1 saturated heterocycles. The van der Waals surface area contributed by atoms with Crippen molar-refractivity contribution in [3.05, 3.63) is 82.3 Å². The van der Waals surface area contributed by atoms with Gasteiger partial charge < -0.3 is 5.32 Å². The summed E-state index contributed by atoms with van der Waals surface area (Å²) in [5, 5.41) is 2.98. The second-order valence-corrected chi connectivity index (χ2v) is 13.2. The summed E-state index contributed by atoms with van der Waals surface area (Å²) in [5.74, 6) is -0.651. The van der Waals surface area contributed by atoms with Crippen LogP contribution >= 0.6 is 23.2 Å². The molecule has 1 fully saturated rings. The first-order valence-electron chi connectivity index (χ1n) is 11.4. The van der Waals surface area contributed by atoms with Gasteiger partial charge in [-0.3, -0.25) is 9.10 Å². The van der Waals surface area contributed by atoms with Crippen molar-refractivity contribution in [2.45, 2.75) is 29.6 Å². The Morgan fingerprint density at radius 1 is 0.892 bits per heavy atom. The maximum Gasteiger partial charge on any atom is 0.264 e. The minimum atomic E-state index is -4.19. The summed E-state index contributed by atoms with van der Waals surface area (Å²) in [5.41, 5.74) is 1.24. The lowest BCUT2D eigenvalue weighted by atomic mass is 10.2. The molecule has 0 aromatic heterocycles. The Kier molecular flexibility index (Phi) is 8.15. The number of carbonyl (C=O) groups excluding carboxylic acids is 1. The minimum absolute atomic E-state index is 0.0154. The summed E-state index contributed by atoms with van der Waals surface area (Å²) in [6, 6.07) is 16.3. The first kappa shape index (κ1) is 27.4. The number of nitrogens with one attached hydrogen (secondary N) is 1. The van der Waals surface area contributed by atoms with E-state index < -0.39 is 32.5 Å². The van der Waals surface area contributed by atoms with Crippen molar-refractivity contribution < 1.29 is 21.6 Å². The number of hydrogen-bond acceptors (Lipinski definition) is 5. The first-order chi connectivity index (χ1) is 17.5. The van der Waals surface area contributed by atoms with Crippen LogP contribution in [0.2, 0.25) is 10.0 Å². The molecule has 196 valence electrons. The quantitative estimate of drug-likeness (QED) is 0.406. The van der Waals surface area contributed by atoms with E-state index in [-0.39, 0.29) is 25.5 Å². The number of rotatable bonds is 8. The van der Waals surface area contributed by atoms with Gasteiger partial charge in [0.05, 0.1) is 20.5 Å². The largest absolute Gasteiger partial charge is 0.325 e. The fraction of sp³-hybridized carbons (Fsp3) is 0.240. The molecule has 0 radical (unpaired) electrons. The number of benzene rings is 3. The molecule has 0 atom stereocenters. The molecule has 0 unspecified atom stereocenters. The Morgan fingerprint density at radius 2 is 1.49 bits per heavy atom. The Hall–Kier alpha value is -2.63. The van der Waals surface area contributed by atoms with E-state index >= 15 is 0 Å². The van der Waals surface area contributed by atoms with Crippen molar-refractivity contribution >= 4 is 60.5 Å². The average molecular weight is 583 g/mol. The fourth-order valence-corrected chi connectivity index (χ4v) is 7.32. The molecule has 4 rings (SSSR count). The van der Waals surface area contributed by atoms with E-state index in [9.17, 15) is 21.6 Å². The zero-order valence-corrected chi connectivity index (χ0v) is 23.0. The van der Waals surface area contributed by atoms with Gasteiger partial charge in [0, 0.05) is 23.8 Å². The lowest BCUT2D eigenvalue weighted by molar-refractivity contribution is -0.114. The summed E-state index contributed by atoms with van der Waals surface area (Å²) in [6.45, 7) is 2.21. The van der Waals surface area contributed by atoms with Crippen LogP contribution in [0, 0.1) is 6.92 Å². The molecule has 1 aliphatic heterocycles. The van der Waals surface area contributed by atoms with Gasteiger partial charge in [0.1, 0.15) is 6.54 Å². The predicted molar refractivity (Wildman–Crippen MR) is 145 cm³/mol. The fourth-order valence-electron chi connectivity index (χ4n) is 3.93. The highest BCUT2D eigenvalue weighted by molar-refractivity contribution is 7.93. The second-order valence-electron chi connectivity index (χ2n) is 8.60. The van der Waals surface area contributed by atoms with Crippen molar-refractivity contribution in [2.24, 2.45) is 0 Å². The molecule has 1 heterocycles. The Balaban J connectivity index is 1.59. The number of carbonyl (C=O) groups is 1. The number of nitrogens with zero attached hydrogens (tertiary/aromatic N) is 2. The Morgan fingerprint density at radius 3 is 2.11 bits per heavy atom. The summed E-state index contributed by atoms with van der Waals surface area (Å²) in [6.07, 6.45) is 1.65. The summed E-state index contributed by atoms with van der Waals surface area (Å²) >= 11 is 12.4. The minimum Gasteiger partial charge on any atom is -0.325 e. The Labute approximate surface area is 226 Å². The standard InChI is InChI=1S/C25H25Cl2N3O5S2/c1-18-4-9-22(10-5-18)37(34,35)30(24-16-19(26)6-13-23(24)27)17-25(31)28-20-7-11-21(12-8-20)36(32,33)29-14-2-3-15-29/h4-13,16H,2-3,14-15,17H2,1H3,(H,28,31). The van der Waals surface area contributed by atoms with Crippen molar-refractivity contribution in [1.29, 1.82) is 0 Å². The number of aryl methyl sites for hydroxylation is 1. The third kappa shape index (κ3) is 6.10. The zero-order chi connectivity index (χ0) is 26.8. The molecular formula is C25H25Cl2N3O5S2. The summed E-state index contributed by atoms with van der Waals surface area (Å²) in [7, 11) is -7.78. The van der Waals surface area contributed by atoms with E-state index in [0.717, 1.165) is 22.7 Å². The number of sulfonamides is 2. The van der Waals surface area contributed by atoms with Gasteiger partial charge >= 0.3 is 0 Å². The van der Waals surface area contributed by atoms with Gasteiger partial charge in [-0.2, -0.15) is 4.31 Å². The van der Waals surface area contributed by atoms with Gasteiger partial charge in [-0.15, -0.1) is 0 Å². The van der Waals surface area contributed by atoms with Crippen LogP contribution < -0.4 is 9.62 Å². The van der Waals surface area contributed by atoms with E-state index in [1.54, 1.807) is 12.1 Å². The van der Waals surface area contributed by atoms with E-state index in [2.05, 4.69) is 5.32 Å². The van der Waals surface area contributed by atoms with Crippen molar-refractivity contribution in [3.63, 3.8) is 0 Å². The highest BCUT2D eigenvalue weighted by Crippen LogP contribution is 2.33. The third-order valence-electron chi connectivity index (χ3n) is 5.91. The highest BCUT2D eigenvalue weighted by Gasteiger charge is 2.30. The molecule has 8 nitrogen and oxygen atoms in total. The maximum atomic E-state index is 13.5. The number of hydrogen-bond donors (Lipinski definition) is 1. The van der Waals surface area contributed by atoms with Crippen LogP contribution in [0.3, 0.4) is 0 Å². The average Bonchev–Trinajstić information content (AvgIpc) is 3.41. The molecule has 0 bridgehead atoms. The molecule has 0 saturated carbocycles. The maximum absolute atomic E-state index is 13.5.